The molecule has 0 aliphatic heterocycles. The molecular formula is C16H26. The van der Waals surface area contributed by atoms with E-state index in [0.717, 1.165) is 0 Å². The topological polar surface area (TPSA) is 0 Å². The first-order valence-corrected chi connectivity index (χ1v) is 6.09. The number of aryl methyl sites for hydroxylation is 1. The van der Waals surface area contributed by atoms with Crippen molar-refractivity contribution in [3.05, 3.63) is 35.4 Å². The second kappa shape index (κ2) is 11.9. The van der Waals surface area contributed by atoms with E-state index in [9.17, 15) is 0 Å². The fourth-order valence-electron chi connectivity index (χ4n) is 1.13. The third kappa shape index (κ3) is 8.12. The molecule has 0 N–H and O–H groups in total. The predicted molar refractivity (Wildman–Crippen MR) is 75.7 cm³/mol. The number of rotatable bonds is 2. The normalized spacial score (nSPS) is 9.81. The molecule has 0 unspecified atom stereocenters. The van der Waals surface area contributed by atoms with Crippen molar-refractivity contribution in [1.29, 1.82) is 0 Å². The quantitative estimate of drug-likeness (QED) is 0.600. The van der Waals surface area contributed by atoms with Crippen molar-refractivity contribution in [1.82, 2.24) is 0 Å². The van der Waals surface area contributed by atoms with Crippen molar-refractivity contribution >= 4 is 0 Å². The smallest absolute Gasteiger partial charge is 0.00297 e. The SMILES string of the molecule is C#CC.CC.CC[C@H](C)c1ccc(C)cc1. The fraction of sp³-hybridized carbons (Fsp3) is 0.500. The van der Waals surface area contributed by atoms with E-state index in [1.54, 1.807) is 6.92 Å². The molecule has 1 aromatic carbocycles. The van der Waals surface area contributed by atoms with E-state index in [1.165, 1.54) is 17.5 Å². The molecule has 0 bridgehead atoms. The van der Waals surface area contributed by atoms with Crippen LogP contribution in [0.3, 0.4) is 0 Å². The molecule has 0 spiro atoms. The lowest BCUT2D eigenvalue weighted by Crippen LogP contribution is -1.89. The third-order valence-electron chi connectivity index (χ3n) is 2.26. The Bertz CT molecular complexity index is 274. The minimum atomic E-state index is 0.704. The van der Waals surface area contributed by atoms with Crippen LogP contribution in [0.2, 0.25) is 0 Å². The Morgan fingerprint density at radius 1 is 1.19 bits per heavy atom. The molecular weight excluding hydrogens is 192 g/mol. The minimum absolute atomic E-state index is 0.704. The monoisotopic (exact) mass is 218 g/mol. The molecule has 16 heavy (non-hydrogen) atoms. The van der Waals surface area contributed by atoms with Crippen LogP contribution >= 0.6 is 0 Å². The third-order valence-corrected chi connectivity index (χ3v) is 2.26. The van der Waals surface area contributed by atoms with Gasteiger partial charge < -0.3 is 0 Å². The van der Waals surface area contributed by atoms with Gasteiger partial charge in [-0.1, -0.05) is 57.5 Å². The number of benzene rings is 1. The van der Waals surface area contributed by atoms with Crippen molar-refractivity contribution in [2.24, 2.45) is 0 Å². The molecule has 0 fully saturated rings. The summed E-state index contributed by atoms with van der Waals surface area (Å²) in [4.78, 5) is 0. The highest BCUT2D eigenvalue weighted by atomic mass is 14.0. The summed E-state index contributed by atoms with van der Waals surface area (Å²) in [6.45, 7) is 12.3. The first kappa shape index (κ1) is 17.2. The van der Waals surface area contributed by atoms with Crippen LogP contribution in [0.25, 0.3) is 0 Å². The van der Waals surface area contributed by atoms with E-state index in [2.05, 4.69) is 57.4 Å². The fourth-order valence-corrected chi connectivity index (χ4v) is 1.13. The number of hydrogen-bond donors (Lipinski definition) is 0. The van der Waals surface area contributed by atoms with Crippen LogP contribution in [-0.2, 0) is 0 Å². The summed E-state index contributed by atoms with van der Waals surface area (Å²) < 4.78 is 0. The van der Waals surface area contributed by atoms with Crippen LogP contribution in [0.15, 0.2) is 24.3 Å². The van der Waals surface area contributed by atoms with Gasteiger partial charge in [0, 0.05) is 0 Å². The number of terminal acetylenes is 1. The van der Waals surface area contributed by atoms with Crippen molar-refractivity contribution in [2.45, 2.75) is 53.9 Å². The molecule has 0 aliphatic rings. The first-order chi connectivity index (χ1) is 7.65. The van der Waals surface area contributed by atoms with Crippen LogP contribution < -0.4 is 0 Å². The molecule has 0 saturated heterocycles. The highest BCUT2D eigenvalue weighted by Gasteiger charge is 2.00. The Hall–Kier alpha value is -1.22. The molecule has 0 aliphatic carbocycles. The Morgan fingerprint density at radius 3 is 1.88 bits per heavy atom. The van der Waals surface area contributed by atoms with E-state index in [4.69, 9.17) is 0 Å². The molecule has 1 aromatic rings. The van der Waals surface area contributed by atoms with Gasteiger partial charge in [-0.05, 0) is 31.7 Å². The minimum Gasteiger partial charge on any atom is -0.120 e. The summed E-state index contributed by atoms with van der Waals surface area (Å²) in [7, 11) is 0. The molecule has 1 atom stereocenters. The molecule has 90 valence electrons. The summed E-state index contributed by atoms with van der Waals surface area (Å²) in [5.74, 6) is 2.95. The second-order valence-corrected chi connectivity index (χ2v) is 3.51. The van der Waals surface area contributed by atoms with Gasteiger partial charge in [-0.25, -0.2) is 0 Å². The summed E-state index contributed by atoms with van der Waals surface area (Å²) in [5, 5.41) is 0. The van der Waals surface area contributed by atoms with Crippen LogP contribution in [0, 0.1) is 19.3 Å². The van der Waals surface area contributed by atoms with E-state index < -0.39 is 0 Å². The van der Waals surface area contributed by atoms with Crippen LogP contribution in [0.5, 0.6) is 0 Å². The Labute approximate surface area is 102 Å². The molecule has 0 heterocycles. The lowest BCUT2D eigenvalue weighted by atomic mass is 9.98. The van der Waals surface area contributed by atoms with Crippen molar-refractivity contribution in [3.63, 3.8) is 0 Å². The predicted octanol–water partition coefficient (Wildman–Crippen LogP) is 5.17. The summed E-state index contributed by atoms with van der Waals surface area (Å²) in [5.41, 5.74) is 2.80. The average molecular weight is 218 g/mol. The van der Waals surface area contributed by atoms with Gasteiger partial charge in [-0.3, -0.25) is 0 Å². The van der Waals surface area contributed by atoms with Gasteiger partial charge in [0.15, 0.2) is 0 Å². The Kier molecular flexibility index (Phi) is 12.7. The van der Waals surface area contributed by atoms with Crippen molar-refractivity contribution < 1.29 is 0 Å². The van der Waals surface area contributed by atoms with Gasteiger partial charge >= 0.3 is 0 Å². The van der Waals surface area contributed by atoms with E-state index in [-0.39, 0.29) is 0 Å². The Morgan fingerprint density at radius 2 is 1.56 bits per heavy atom. The number of hydrogen-bond acceptors (Lipinski definition) is 0. The molecule has 0 heteroatoms. The van der Waals surface area contributed by atoms with E-state index in [0.29, 0.717) is 5.92 Å². The van der Waals surface area contributed by atoms with Crippen LogP contribution in [-0.4, -0.2) is 0 Å². The summed E-state index contributed by atoms with van der Waals surface area (Å²) >= 11 is 0. The molecule has 0 aromatic heterocycles. The van der Waals surface area contributed by atoms with Crippen molar-refractivity contribution in [2.75, 3.05) is 0 Å². The highest BCUT2D eigenvalue weighted by Crippen LogP contribution is 2.18. The van der Waals surface area contributed by atoms with E-state index >= 15 is 0 Å². The molecule has 0 nitrogen and oxygen atoms in total. The zero-order valence-corrected chi connectivity index (χ0v) is 11.7. The lowest BCUT2D eigenvalue weighted by Gasteiger charge is -2.07. The summed E-state index contributed by atoms with van der Waals surface area (Å²) in [6, 6.07) is 8.82. The molecule has 1 rings (SSSR count). The summed E-state index contributed by atoms with van der Waals surface area (Å²) in [6.07, 6.45) is 5.82. The average Bonchev–Trinajstić information content (AvgIpc) is 2.33. The zero-order chi connectivity index (χ0) is 13.0. The maximum Gasteiger partial charge on any atom is -0.00297 e. The van der Waals surface area contributed by atoms with E-state index in [1.807, 2.05) is 13.8 Å². The molecule has 0 saturated carbocycles. The van der Waals surface area contributed by atoms with Gasteiger partial charge in [0.1, 0.15) is 0 Å². The van der Waals surface area contributed by atoms with Crippen LogP contribution in [0.4, 0.5) is 0 Å². The van der Waals surface area contributed by atoms with Gasteiger partial charge in [0.2, 0.25) is 0 Å². The zero-order valence-electron chi connectivity index (χ0n) is 11.7. The molecule has 0 radical (unpaired) electrons. The van der Waals surface area contributed by atoms with Crippen LogP contribution in [0.1, 0.15) is 58.1 Å². The standard InChI is InChI=1S/C11H16.C3H4.C2H6/c1-4-10(3)11-7-5-9(2)6-8-11;1-3-2;1-2/h5-8,10H,4H2,1-3H3;1H,2H3;1-2H3/t10-;;/m0../s1. The highest BCUT2D eigenvalue weighted by molar-refractivity contribution is 5.23. The van der Waals surface area contributed by atoms with Gasteiger partial charge in [0.25, 0.3) is 0 Å². The molecule has 0 amide bonds. The lowest BCUT2D eigenvalue weighted by molar-refractivity contribution is 0.733. The van der Waals surface area contributed by atoms with Gasteiger partial charge in [0.05, 0.1) is 0 Å². The second-order valence-electron chi connectivity index (χ2n) is 3.51. The first-order valence-electron chi connectivity index (χ1n) is 6.09. The van der Waals surface area contributed by atoms with Gasteiger partial charge in [-0.15, -0.1) is 12.3 Å². The Balaban J connectivity index is 0. The maximum absolute atomic E-state index is 4.60. The largest absolute Gasteiger partial charge is 0.120 e. The maximum atomic E-state index is 4.60. The van der Waals surface area contributed by atoms with Crippen molar-refractivity contribution in [3.8, 4) is 12.3 Å². The van der Waals surface area contributed by atoms with Gasteiger partial charge in [-0.2, -0.15) is 0 Å².